The van der Waals surface area contributed by atoms with Crippen molar-refractivity contribution in [1.29, 1.82) is 0 Å². The molecule has 0 saturated heterocycles. The van der Waals surface area contributed by atoms with E-state index in [9.17, 15) is 4.79 Å². The minimum Gasteiger partial charge on any atom is -0.459 e. The highest BCUT2D eigenvalue weighted by Crippen LogP contribution is 2.31. The zero-order valence-corrected chi connectivity index (χ0v) is 13.7. The van der Waals surface area contributed by atoms with E-state index in [1.165, 1.54) is 6.08 Å². The zero-order valence-electron chi connectivity index (χ0n) is 13.7. The molecule has 0 bridgehead atoms. The monoisotopic (exact) mass is 322 g/mol. The van der Waals surface area contributed by atoms with E-state index in [0.717, 1.165) is 22.3 Å². The minimum absolute atomic E-state index is 0.143. The van der Waals surface area contributed by atoms with Gasteiger partial charge in [0.25, 0.3) is 0 Å². The highest BCUT2D eigenvalue weighted by Gasteiger charge is 2.15. The van der Waals surface area contributed by atoms with E-state index >= 15 is 0 Å². The number of pyridine rings is 1. The van der Waals surface area contributed by atoms with Crippen LogP contribution in [0, 0.1) is 6.92 Å². The van der Waals surface area contributed by atoms with Crippen LogP contribution in [0.25, 0.3) is 11.0 Å². The van der Waals surface area contributed by atoms with Gasteiger partial charge in [-0.05, 0) is 43.3 Å². The van der Waals surface area contributed by atoms with E-state index in [1.807, 2.05) is 37.3 Å². The number of likely N-dealkylation sites (N-methyl/N-ethyl adjacent to an activating group) is 1. The van der Waals surface area contributed by atoms with E-state index in [0.29, 0.717) is 18.0 Å². The molecule has 0 aliphatic rings. The summed E-state index contributed by atoms with van der Waals surface area (Å²) in [5.74, 6) is 1.99. The molecule has 24 heavy (non-hydrogen) atoms. The lowest BCUT2D eigenvalue weighted by atomic mass is 10.1. The fourth-order valence-corrected chi connectivity index (χ4v) is 2.46. The third-order valence-corrected chi connectivity index (χ3v) is 3.81. The van der Waals surface area contributed by atoms with E-state index in [2.05, 4.69) is 11.6 Å². The van der Waals surface area contributed by atoms with Gasteiger partial charge in [0.2, 0.25) is 5.91 Å². The summed E-state index contributed by atoms with van der Waals surface area (Å²) in [6.45, 7) is 5.86. The van der Waals surface area contributed by atoms with Crippen LogP contribution >= 0.6 is 0 Å². The molecule has 122 valence electrons. The van der Waals surface area contributed by atoms with Crippen LogP contribution in [-0.4, -0.2) is 22.8 Å². The predicted octanol–water partition coefficient (Wildman–Crippen LogP) is 4.07. The number of ether oxygens (including phenoxy) is 1. The Morgan fingerprint density at radius 3 is 2.92 bits per heavy atom. The highest BCUT2D eigenvalue weighted by atomic mass is 16.5. The van der Waals surface area contributed by atoms with Crippen LogP contribution in [0.2, 0.25) is 0 Å². The molecule has 0 radical (unpaired) electrons. The Hall–Kier alpha value is -3.08. The van der Waals surface area contributed by atoms with Crippen molar-refractivity contribution in [2.45, 2.75) is 13.5 Å². The molecule has 0 unspecified atom stereocenters. The number of carbonyl (C=O) groups excluding carboxylic acids is 1. The number of aryl methyl sites for hydroxylation is 1. The summed E-state index contributed by atoms with van der Waals surface area (Å²) in [5, 5.41) is 0.964. The number of hydrogen-bond acceptors (Lipinski definition) is 4. The number of carbonyl (C=O) groups is 1. The molecule has 5 nitrogen and oxygen atoms in total. The van der Waals surface area contributed by atoms with E-state index in [1.54, 1.807) is 24.3 Å². The van der Waals surface area contributed by atoms with E-state index in [4.69, 9.17) is 9.15 Å². The van der Waals surface area contributed by atoms with Gasteiger partial charge in [-0.3, -0.25) is 9.78 Å². The largest absolute Gasteiger partial charge is 0.459 e. The van der Waals surface area contributed by atoms with Crippen LogP contribution in [0.5, 0.6) is 11.5 Å². The summed E-state index contributed by atoms with van der Waals surface area (Å²) in [5.41, 5.74) is 1.76. The van der Waals surface area contributed by atoms with Gasteiger partial charge in [0.05, 0.1) is 12.7 Å². The number of aromatic nitrogens is 1. The van der Waals surface area contributed by atoms with Gasteiger partial charge in [-0.25, -0.2) is 0 Å². The molecule has 1 aromatic carbocycles. The first kappa shape index (κ1) is 15.8. The lowest BCUT2D eigenvalue weighted by molar-refractivity contribution is -0.125. The van der Waals surface area contributed by atoms with Crippen molar-refractivity contribution in [1.82, 2.24) is 9.88 Å². The molecule has 0 aliphatic carbocycles. The number of hydrogen-bond donors (Lipinski definition) is 0. The summed E-state index contributed by atoms with van der Waals surface area (Å²) in [6.07, 6.45) is 4.65. The van der Waals surface area contributed by atoms with E-state index in [-0.39, 0.29) is 5.91 Å². The Morgan fingerprint density at radius 1 is 1.38 bits per heavy atom. The topological polar surface area (TPSA) is 55.6 Å². The smallest absolute Gasteiger partial charge is 0.246 e. The maximum absolute atomic E-state index is 11.6. The highest BCUT2D eigenvalue weighted by molar-refractivity contribution is 5.87. The first-order chi connectivity index (χ1) is 11.6. The maximum Gasteiger partial charge on any atom is 0.246 e. The third kappa shape index (κ3) is 3.15. The standard InChI is InChI=1S/C19H18N2O3/c1-4-19(22)21(3)12-18-13(2)16-10-14(7-8-17(16)24-18)23-15-6-5-9-20-11-15/h4-11H,1,12H2,2-3H3. The van der Waals surface area contributed by atoms with Gasteiger partial charge in [0, 0.05) is 24.2 Å². The lowest BCUT2D eigenvalue weighted by Crippen LogP contribution is -2.23. The average molecular weight is 322 g/mol. The van der Waals surface area contributed by atoms with Crippen molar-refractivity contribution in [2.75, 3.05) is 7.05 Å². The Balaban J connectivity index is 1.88. The molecular formula is C19H18N2O3. The van der Waals surface area contributed by atoms with Crippen molar-refractivity contribution in [3.63, 3.8) is 0 Å². The van der Waals surface area contributed by atoms with E-state index < -0.39 is 0 Å². The summed E-state index contributed by atoms with van der Waals surface area (Å²) < 4.78 is 11.7. The first-order valence-electron chi connectivity index (χ1n) is 7.56. The van der Waals surface area contributed by atoms with Gasteiger partial charge >= 0.3 is 0 Å². The normalized spacial score (nSPS) is 10.6. The summed E-state index contributed by atoms with van der Waals surface area (Å²) in [4.78, 5) is 17.2. The molecule has 0 aliphatic heterocycles. The van der Waals surface area contributed by atoms with Gasteiger partial charge < -0.3 is 14.1 Å². The Labute approximate surface area is 140 Å². The summed E-state index contributed by atoms with van der Waals surface area (Å²) >= 11 is 0. The second kappa shape index (κ2) is 6.58. The van der Waals surface area contributed by atoms with Crippen LogP contribution in [0.3, 0.4) is 0 Å². The van der Waals surface area contributed by atoms with Crippen LogP contribution in [0.4, 0.5) is 0 Å². The number of amides is 1. The van der Waals surface area contributed by atoms with Crippen molar-refractivity contribution < 1.29 is 13.9 Å². The summed E-state index contributed by atoms with van der Waals surface area (Å²) in [7, 11) is 1.72. The van der Waals surface area contributed by atoms with Crippen LogP contribution in [-0.2, 0) is 11.3 Å². The van der Waals surface area contributed by atoms with Gasteiger partial charge in [-0.15, -0.1) is 0 Å². The predicted molar refractivity (Wildman–Crippen MR) is 91.9 cm³/mol. The molecule has 1 amide bonds. The fourth-order valence-electron chi connectivity index (χ4n) is 2.46. The van der Waals surface area contributed by atoms with Crippen LogP contribution in [0.15, 0.2) is 59.8 Å². The second-order valence-electron chi connectivity index (χ2n) is 5.50. The molecule has 0 spiro atoms. The molecule has 3 aromatic rings. The van der Waals surface area contributed by atoms with Gasteiger partial charge in [-0.1, -0.05) is 6.58 Å². The third-order valence-electron chi connectivity index (χ3n) is 3.81. The van der Waals surface area contributed by atoms with Crippen molar-refractivity contribution in [3.05, 3.63) is 66.7 Å². The lowest BCUT2D eigenvalue weighted by Gasteiger charge is -2.13. The second-order valence-corrected chi connectivity index (χ2v) is 5.50. The molecule has 0 N–H and O–H groups in total. The quantitative estimate of drug-likeness (QED) is 0.664. The number of fused-ring (bicyclic) bond motifs is 1. The van der Waals surface area contributed by atoms with Crippen LogP contribution in [0.1, 0.15) is 11.3 Å². The molecule has 5 heteroatoms. The fraction of sp³-hybridized carbons (Fsp3) is 0.158. The number of rotatable bonds is 5. The minimum atomic E-state index is -0.143. The SMILES string of the molecule is C=CC(=O)N(C)Cc1oc2ccc(Oc3cccnc3)cc2c1C. The maximum atomic E-state index is 11.6. The summed E-state index contributed by atoms with van der Waals surface area (Å²) in [6, 6.07) is 9.32. The Bertz CT molecular complexity index is 884. The number of furan rings is 1. The Kier molecular flexibility index (Phi) is 4.33. The first-order valence-corrected chi connectivity index (χ1v) is 7.56. The molecular weight excluding hydrogens is 304 g/mol. The molecule has 2 aromatic heterocycles. The molecule has 3 rings (SSSR count). The van der Waals surface area contributed by atoms with Crippen molar-refractivity contribution in [2.24, 2.45) is 0 Å². The average Bonchev–Trinajstić information content (AvgIpc) is 2.91. The van der Waals surface area contributed by atoms with Crippen molar-refractivity contribution >= 4 is 16.9 Å². The molecule has 0 fully saturated rings. The molecule has 2 heterocycles. The van der Waals surface area contributed by atoms with Crippen molar-refractivity contribution in [3.8, 4) is 11.5 Å². The molecule has 0 atom stereocenters. The zero-order chi connectivity index (χ0) is 17.1. The van der Waals surface area contributed by atoms with Gasteiger partial charge in [0.1, 0.15) is 22.8 Å². The van der Waals surface area contributed by atoms with Gasteiger partial charge in [-0.2, -0.15) is 0 Å². The van der Waals surface area contributed by atoms with Crippen LogP contribution < -0.4 is 4.74 Å². The Morgan fingerprint density at radius 2 is 2.21 bits per heavy atom. The number of nitrogens with zero attached hydrogens (tertiary/aromatic N) is 2. The molecule has 0 saturated carbocycles. The van der Waals surface area contributed by atoms with Gasteiger partial charge in [0.15, 0.2) is 0 Å². The number of benzene rings is 1.